The van der Waals surface area contributed by atoms with Crippen LogP contribution in [0.3, 0.4) is 0 Å². The van der Waals surface area contributed by atoms with Crippen LogP contribution < -0.4 is 16.0 Å². The summed E-state index contributed by atoms with van der Waals surface area (Å²) in [6, 6.07) is 17.2. The van der Waals surface area contributed by atoms with Gasteiger partial charge in [-0.2, -0.15) is 4.98 Å². The number of anilines is 3. The Labute approximate surface area is 172 Å². The Kier molecular flexibility index (Phi) is 6.60. The zero-order valence-corrected chi connectivity index (χ0v) is 17.4. The normalized spacial score (nSPS) is 10.4. The second-order valence-electron chi connectivity index (χ2n) is 6.40. The number of carbonyl (C=O) groups is 1. The Morgan fingerprint density at radius 2 is 1.68 bits per heavy atom. The zero-order valence-electron chi connectivity index (χ0n) is 15.8. The number of nitrogens with one attached hydrogen (secondary N) is 3. The van der Waals surface area contributed by atoms with Crippen molar-refractivity contribution in [3.8, 4) is 0 Å². The van der Waals surface area contributed by atoms with Crippen LogP contribution in [0.15, 0.2) is 59.1 Å². The summed E-state index contributed by atoms with van der Waals surface area (Å²) in [5.74, 6) is 1.13. The third-order valence-electron chi connectivity index (χ3n) is 3.98. The molecule has 0 radical (unpaired) electrons. The highest BCUT2D eigenvalue weighted by atomic mass is 79.9. The number of hydrogen-bond donors (Lipinski definition) is 3. The van der Waals surface area contributed by atoms with Gasteiger partial charge in [0.25, 0.3) is 5.91 Å². The zero-order chi connectivity index (χ0) is 19.9. The van der Waals surface area contributed by atoms with Crippen LogP contribution in [0.2, 0.25) is 0 Å². The average molecular weight is 440 g/mol. The van der Waals surface area contributed by atoms with Gasteiger partial charge in [0.15, 0.2) is 0 Å². The van der Waals surface area contributed by atoms with E-state index in [1.807, 2.05) is 49.4 Å². The van der Waals surface area contributed by atoms with Gasteiger partial charge >= 0.3 is 0 Å². The van der Waals surface area contributed by atoms with Crippen LogP contribution in [-0.2, 0) is 0 Å². The van der Waals surface area contributed by atoms with E-state index >= 15 is 0 Å². The minimum atomic E-state index is -0.110. The van der Waals surface area contributed by atoms with Gasteiger partial charge < -0.3 is 16.0 Å². The Morgan fingerprint density at radius 3 is 2.39 bits per heavy atom. The number of hydrogen-bond acceptors (Lipinski definition) is 5. The molecule has 3 rings (SSSR count). The fourth-order valence-corrected chi connectivity index (χ4v) is 2.81. The van der Waals surface area contributed by atoms with E-state index in [0.29, 0.717) is 24.6 Å². The van der Waals surface area contributed by atoms with E-state index in [0.717, 1.165) is 21.7 Å². The molecule has 28 heavy (non-hydrogen) atoms. The van der Waals surface area contributed by atoms with E-state index in [1.165, 1.54) is 5.56 Å². The summed E-state index contributed by atoms with van der Waals surface area (Å²) in [7, 11) is 0. The first-order valence-corrected chi connectivity index (χ1v) is 9.76. The molecule has 0 aliphatic carbocycles. The number of aryl methyl sites for hydroxylation is 2. The minimum Gasteiger partial charge on any atom is -0.352 e. The summed E-state index contributed by atoms with van der Waals surface area (Å²) in [4.78, 5) is 21.0. The van der Waals surface area contributed by atoms with E-state index < -0.39 is 0 Å². The van der Waals surface area contributed by atoms with Gasteiger partial charge in [0.1, 0.15) is 5.82 Å². The minimum absolute atomic E-state index is 0.110. The van der Waals surface area contributed by atoms with Crippen molar-refractivity contribution >= 4 is 39.3 Å². The molecule has 0 fully saturated rings. The third-order valence-corrected chi connectivity index (χ3v) is 4.51. The molecular weight excluding hydrogens is 418 g/mol. The van der Waals surface area contributed by atoms with Gasteiger partial charge in [-0.3, -0.25) is 4.79 Å². The van der Waals surface area contributed by atoms with Crippen LogP contribution in [0, 0.1) is 13.8 Å². The first-order valence-electron chi connectivity index (χ1n) is 8.96. The molecule has 1 amide bonds. The summed E-state index contributed by atoms with van der Waals surface area (Å²) in [6.45, 7) is 4.96. The fraction of sp³-hybridized carbons (Fsp3) is 0.190. The molecule has 0 aliphatic heterocycles. The summed E-state index contributed by atoms with van der Waals surface area (Å²) in [5.41, 5.74) is 3.65. The first-order chi connectivity index (χ1) is 13.5. The van der Waals surface area contributed by atoms with Crippen LogP contribution >= 0.6 is 15.9 Å². The van der Waals surface area contributed by atoms with Crippen LogP contribution in [0.4, 0.5) is 17.5 Å². The van der Waals surface area contributed by atoms with Crippen molar-refractivity contribution < 1.29 is 4.79 Å². The van der Waals surface area contributed by atoms with Gasteiger partial charge in [0.05, 0.1) is 0 Å². The molecule has 6 nitrogen and oxygen atoms in total. The molecule has 7 heteroatoms. The molecule has 3 N–H and O–H groups in total. The molecule has 0 saturated carbocycles. The molecule has 0 saturated heterocycles. The number of nitrogens with zero attached hydrogens (tertiary/aromatic N) is 2. The van der Waals surface area contributed by atoms with E-state index in [2.05, 4.69) is 48.8 Å². The fourth-order valence-electron chi connectivity index (χ4n) is 2.55. The van der Waals surface area contributed by atoms with Crippen LogP contribution in [0.25, 0.3) is 0 Å². The summed E-state index contributed by atoms with van der Waals surface area (Å²) in [6.07, 6.45) is 0. The van der Waals surface area contributed by atoms with E-state index in [9.17, 15) is 4.79 Å². The van der Waals surface area contributed by atoms with Crippen molar-refractivity contribution in [1.82, 2.24) is 15.3 Å². The molecule has 0 spiro atoms. The smallest absolute Gasteiger partial charge is 0.251 e. The number of halogens is 1. The highest BCUT2D eigenvalue weighted by molar-refractivity contribution is 9.10. The molecule has 1 aromatic heterocycles. The van der Waals surface area contributed by atoms with Gasteiger partial charge in [-0.15, -0.1) is 0 Å². The predicted molar refractivity (Wildman–Crippen MR) is 116 cm³/mol. The van der Waals surface area contributed by atoms with Crippen molar-refractivity contribution in [3.05, 3.63) is 75.9 Å². The van der Waals surface area contributed by atoms with E-state index in [-0.39, 0.29) is 5.91 Å². The SMILES string of the molecule is Cc1ccc(Nc2cc(C)nc(NCCNC(=O)c3ccc(Br)cc3)n2)cc1. The first kappa shape index (κ1) is 19.8. The van der Waals surface area contributed by atoms with Crippen LogP contribution in [-0.4, -0.2) is 29.0 Å². The van der Waals surface area contributed by atoms with Gasteiger partial charge in [-0.25, -0.2) is 4.98 Å². The number of amides is 1. The van der Waals surface area contributed by atoms with Gasteiger partial charge in [-0.05, 0) is 50.2 Å². The molecule has 144 valence electrons. The lowest BCUT2D eigenvalue weighted by Crippen LogP contribution is -2.29. The van der Waals surface area contributed by atoms with Crippen molar-refractivity contribution in [2.24, 2.45) is 0 Å². The molecule has 0 unspecified atom stereocenters. The highest BCUT2D eigenvalue weighted by Gasteiger charge is 2.05. The van der Waals surface area contributed by atoms with Crippen molar-refractivity contribution in [2.75, 3.05) is 23.7 Å². The molecule has 0 aliphatic rings. The Balaban J connectivity index is 1.52. The Hall–Kier alpha value is -2.93. The standard InChI is InChI=1S/C21H22BrN5O/c1-14-3-9-18(10-4-14)26-19-13-15(2)25-21(27-19)24-12-11-23-20(28)16-5-7-17(22)8-6-16/h3-10,13H,11-12H2,1-2H3,(H,23,28)(H2,24,25,26,27). The van der Waals surface area contributed by atoms with Crippen molar-refractivity contribution in [1.29, 1.82) is 0 Å². The average Bonchev–Trinajstić information content (AvgIpc) is 2.67. The Morgan fingerprint density at radius 1 is 0.964 bits per heavy atom. The maximum Gasteiger partial charge on any atom is 0.251 e. The van der Waals surface area contributed by atoms with E-state index in [1.54, 1.807) is 12.1 Å². The molecule has 1 heterocycles. The van der Waals surface area contributed by atoms with Crippen LogP contribution in [0.1, 0.15) is 21.6 Å². The second kappa shape index (κ2) is 9.32. The number of carbonyl (C=O) groups excluding carboxylic acids is 1. The van der Waals surface area contributed by atoms with Gasteiger partial charge in [-0.1, -0.05) is 33.6 Å². The second-order valence-corrected chi connectivity index (χ2v) is 7.31. The molecule has 0 bridgehead atoms. The summed E-state index contributed by atoms with van der Waals surface area (Å²) < 4.78 is 0.942. The number of rotatable bonds is 7. The molecule has 0 atom stereocenters. The lowest BCUT2D eigenvalue weighted by Gasteiger charge is -2.11. The largest absolute Gasteiger partial charge is 0.352 e. The Bertz CT molecular complexity index is 942. The third kappa shape index (κ3) is 5.79. The maximum absolute atomic E-state index is 12.1. The predicted octanol–water partition coefficient (Wildman–Crippen LogP) is 4.44. The summed E-state index contributed by atoms with van der Waals surface area (Å²) >= 11 is 3.36. The highest BCUT2D eigenvalue weighted by Crippen LogP contribution is 2.17. The lowest BCUT2D eigenvalue weighted by atomic mass is 10.2. The molecule has 2 aromatic carbocycles. The molecular formula is C21H22BrN5O. The summed E-state index contributed by atoms with van der Waals surface area (Å²) in [5, 5.41) is 9.31. The van der Waals surface area contributed by atoms with Crippen molar-refractivity contribution in [2.45, 2.75) is 13.8 Å². The van der Waals surface area contributed by atoms with E-state index in [4.69, 9.17) is 0 Å². The number of benzene rings is 2. The van der Waals surface area contributed by atoms with Crippen LogP contribution in [0.5, 0.6) is 0 Å². The van der Waals surface area contributed by atoms with Gasteiger partial charge in [0.2, 0.25) is 5.95 Å². The lowest BCUT2D eigenvalue weighted by molar-refractivity contribution is 0.0955. The molecule has 3 aromatic rings. The monoisotopic (exact) mass is 439 g/mol. The number of aromatic nitrogens is 2. The van der Waals surface area contributed by atoms with Crippen molar-refractivity contribution in [3.63, 3.8) is 0 Å². The maximum atomic E-state index is 12.1. The topological polar surface area (TPSA) is 78.9 Å². The quantitative estimate of drug-likeness (QED) is 0.474. The van der Waals surface area contributed by atoms with Gasteiger partial charge in [0, 0.05) is 40.6 Å².